The molecule has 1 aromatic rings. The Labute approximate surface area is 143 Å². The van der Waals surface area contributed by atoms with Gasteiger partial charge in [-0.3, -0.25) is 9.79 Å². The molecule has 128 valence electrons. The molecule has 2 N–H and O–H groups in total. The molecule has 1 rings (SSSR count). The van der Waals surface area contributed by atoms with Gasteiger partial charge < -0.3 is 15.5 Å². The van der Waals surface area contributed by atoms with Crippen LogP contribution in [-0.2, 0) is 11.3 Å². The summed E-state index contributed by atoms with van der Waals surface area (Å²) in [6.45, 7) is 5.80. The molecule has 23 heavy (non-hydrogen) atoms. The first-order valence-electron chi connectivity index (χ1n) is 7.80. The number of aliphatic imine (C=N–C) groups is 1. The van der Waals surface area contributed by atoms with Crippen molar-refractivity contribution in [3.8, 4) is 0 Å². The van der Waals surface area contributed by atoms with Crippen molar-refractivity contribution in [1.29, 1.82) is 0 Å². The summed E-state index contributed by atoms with van der Waals surface area (Å²) in [4.78, 5) is 19.1. The van der Waals surface area contributed by atoms with Gasteiger partial charge in [-0.1, -0.05) is 26.0 Å². The minimum absolute atomic E-state index is 0.0150. The second kappa shape index (κ2) is 10.2. The number of guanidine groups is 1. The second-order valence-electron chi connectivity index (χ2n) is 5.62. The molecule has 0 aromatic heterocycles. The Kier molecular flexibility index (Phi) is 8.55. The topological polar surface area (TPSA) is 56.7 Å². The highest BCUT2D eigenvalue weighted by Gasteiger charge is 2.08. The third-order valence-corrected chi connectivity index (χ3v) is 4.13. The average molecular weight is 337 g/mol. The summed E-state index contributed by atoms with van der Waals surface area (Å²) >= 11 is 1.74. The van der Waals surface area contributed by atoms with Crippen LogP contribution in [0.15, 0.2) is 34.2 Å². The van der Waals surface area contributed by atoms with Gasteiger partial charge >= 0.3 is 0 Å². The first kappa shape index (κ1) is 19.4. The molecule has 0 saturated heterocycles. The minimum Gasteiger partial charge on any atom is -0.354 e. The summed E-state index contributed by atoms with van der Waals surface area (Å²) in [6.07, 6.45) is 2.07. The van der Waals surface area contributed by atoms with Crippen LogP contribution in [0.2, 0.25) is 0 Å². The highest BCUT2D eigenvalue weighted by atomic mass is 32.2. The summed E-state index contributed by atoms with van der Waals surface area (Å²) in [7, 11) is 3.77. The molecular formula is C17H28N4OS. The lowest BCUT2D eigenvalue weighted by Gasteiger charge is -2.22. The molecule has 0 fully saturated rings. The number of nitrogens with zero attached hydrogens (tertiary/aromatic N) is 2. The van der Waals surface area contributed by atoms with E-state index in [2.05, 4.69) is 51.0 Å². The molecule has 0 bridgehead atoms. The molecule has 1 amide bonds. The molecule has 5 nitrogen and oxygen atoms in total. The molecule has 0 heterocycles. The lowest BCUT2D eigenvalue weighted by molar-refractivity contribution is -0.123. The Balaban J connectivity index is 2.42. The van der Waals surface area contributed by atoms with Crippen molar-refractivity contribution >= 4 is 23.6 Å². The Morgan fingerprint density at radius 1 is 1.22 bits per heavy atom. The number of benzene rings is 1. The van der Waals surface area contributed by atoms with Crippen molar-refractivity contribution in [3.05, 3.63) is 29.8 Å². The van der Waals surface area contributed by atoms with Crippen LogP contribution in [0.1, 0.15) is 19.4 Å². The predicted molar refractivity (Wildman–Crippen MR) is 98.9 cm³/mol. The van der Waals surface area contributed by atoms with Crippen LogP contribution >= 0.6 is 11.8 Å². The number of carbonyl (C=O) groups is 1. The van der Waals surface area contributed by atoms with Crippen molar-refractivity contribution in [1.82, 2.24) is 15.5 Å². The van der Waals surface area contributed by atoms with Gasteiger partial charge in [0.05, 0.1) is 0 Å². The largest absolute Gasteiger partial charge is 0.354 e. The SMILES string of the molecule is CN=C(NCCNC(=O)C(C)C)N(C)Cc1ccc(SC)cc1. The highest BCUT2D eigenvalue weighted by Crippen LogP contribution is 2.15. The van der Waals surface area contributed by atoms with E-state index in [9.17, 15) is 4.79 Å². The number of carbonyl (C=O) groups excluding carboxylic acids is 1. The van der Waals surface area contributed by atoms with Gasteiger partial charge in [0.15, 0.2) is 5.96 Å². The van der Waals surface area contributed by atoms with E-state index in [0.717, 1.165) is 12.5 Å². The van der Waals surface area contributed by atoms with Gasteiger partial charge in [-0.05, 0) is 24.0 Å². The van der Waals surface area contributed by atoms with Gasteiger partial charge in [-0.25, -0.2) is 0 Å². The van der Waals surface area contributed by atoms with E-state index in [1.807, 2.05) is 20.9 Å². The lowest BCUT2D eigenvalue weighted by Crippen LogP contribution is -2.42. The van der Waals surface area contributed by atoms with E-state index in [1.54, 1.807) is 18.8 Å². The van der Waals surface area contributed by atoms with Gasteiger partial charge in [0, 0.05) is 44.5 Å². The third kappa shape index (κ3) is 6.95. The van der Waals surface area contributed by atoms with E-state index in [1.165, 1.54) is 10.5 Å². The normalized spacial score (nSPS) is 11.5. The number of hydrogen-bond donors (Lipinski definition) is 2. The lowest BCUT2D eigenvalue weighted by atomic mass is 10.2. The standard InChI is InChI=1S/C17H28N4OS/c1-13(2)16(22)19-10-11-20-17(18-3)21(4)12-14-6-8-15(23-5)9-7-14/h6-9,13H,10-12H2,1-5H3,(H,18,20)(H,19,22). The molecule has 0 radical (unpaired) electrons. The van der Waals surface area contributed by atoms with Gasteiger partial charge in [0.2, 0.25) is 5.91 Å². The molecule has 0 aliphatic rings. The van der Waals surface area contributed by atoms with Gasteiger partial charge in [0.25, 0.3) is 0 Å². The van der Waals surface area contributed by atoms with Crippen LogP contribution in [0, 0.1) is 5.92 Å². The van der Waals surface area contributed by atoms with Crippen molar-refractivity contribution in [2.45, 2.75) is 25.3 Å². The van der Waals surface area contributed by atoms with Crippen LogP contribution in [0.5, 0.6) is 0 Å². The number of thioether (sulfide) groups is 1. The number of nitrogens with one attached hydrogen (secondary N) is 2. The summed E-state index contributed by atoms with van der Waals surface area (Å²) in [6, 6.07) is 8.54. The molecule has 0 atom stereocenters. The van der Waals surface area contributed by atoms with Crippen LogP contribution < -0.4 is 10.6 Å². The molecule has 0 aliphatic heterocycles. The van der Waals surface area contributed by atoms with Crippen LogP contribution in [0.3, 0.4) is 0 Å². The maximum Gasteiger partial charge on any atom is 0.222 e. The fourth-order valence-electron chi connectivity index (χ4n) is 2.03. The summed E-state index contributed by atoms with van der Waals surface area (Å²) in [5.41, 5.74) is 1.24. The summed E-state index contributed by atoms with van der Waals surface area (Å²) < 4.78 is 0. The summed E-state index contributed by atoms with van der Waals surface area (Å²) in [5, 5.41) is 6.15. The molecule has 0 unspecified atom stereocenters. The molecule has 1 aromatic carbocycles. The van der Waals surface area contributed by atoms with Gasteiger partial charge in [-0.2, -0.15) is 0 Å². The van der Waals surface area contributed by atoms with E-state index >= 15 is 0 Å². The van der Waals surface area contributed by atoms with E-state index in [0.29, 0.717) is 13.1 Å². The quantitative estimate of drug-likeness (QED) is 0.347. The smallest absolute Gasteiger partial charge is 0.222 e. The Hall–Kier alpha value is -1.69. The van der Waals surface area contributed by atoms with Crippen molar-refractivity contribution in [3.63, 3.8) is 0 Å². The van der Waals surface area contributed by atoms with E-state index in [-0.39, 0.29) is 11.8 Å². The first-order chi connectivity index (χ1) is 11.0. The number of amides is 1. The second-order valence-corrected chi connectivity index (χ2v) is 6.50. The molecule has 0 saturated carbocycles. The fraction of sp³-hybridized carbons (Fsp3) is 0.529. The minimum atomic E-state index is 0.0150. The molecule has 6 heteroatoms. The zero-order chi connectivity index (χ0) is 17.2. The Morgan fingerprint density at radius 3 is 2.35 bits per heavy atom. The fourth-order valence-corrected chi connectivity index (χ4v) is 2.44. The van der Waals surface area contributed by atoms with Crippen LogP contribution in [0.25, 0.3) is 0 Å². The van der Waals surface area contributed by atoms with Crippen molar-refractivity contribution < 1.29 is 4.79 Å². The van der Waals surface area contributed by atoms with Crippen molar-refractivity contribution in [2.75, 3.05) is 33.4 Å². The van der Waals surface area contributed by atoms with Gasteiger partial charge in [-0.15, -0.1) is 11.8 Å². The maximum atomic E-state index is 11.5. The predicted octanol–water partition coefficient (Wildman–Crippen LogP) is 2.19. The van der Waals surface area contributed by atoms with Crippen LogP contribution in [-0.4, -0.2) is 50.2 Å². The molecule has 0 spiro atoms. The third-order valence-electron chi connectivity index (χ3n) is 3.38. The van der Waals surface area contributed by atoms with Gasteiger partial charge in [0.1, 0.15) is 0 Å². The Morgan fingerprint density at radius 2 is 1.83 bits per heavy atom. The highest BCUT2D eigenvalue weighted by molar-refractivity contribution is 7.98. The number of hydrogen-bond acceptors (Lipinski definition) is 3. The average Bonchev–Trinajstić information content (AvgIpc) is 2.55. The number of rotatable bonds is 7. The zero-order valence-corrected chi connectivity index (χ0v) is 15.5. The zero-order valence-electron chi connectivity index (χ0n) is 14.7. The monoisotopic (exact) mass is 336 g/mol. The van der Waals surface area contributed by atoms with E-state index < -0.39 is 0 Å². The molecular weight excluding hydrogens is 308 g/mol. The van der Waals surface area contributed by atoms with E-state index in [4.69, 9.17) is 0 Å². The maximum absolute atomic E-state index is 11.5. The first-order valence-corrected chi connectivity index (χ1v) is 9.02. The Bertz CT molecular complexity index is 514. The van der Waals surface area contributed by atoms with Crippen LogP contribution in [0.4, 0.5) is 0 Å². The molecule has 0 aliphatic carbocycles. The van der Waals surface area contributed by atoms with Crippen molar-refractivity contribution in [2.24, 2.45) is 10.9 Å². The summed E-state index contributed by atoms with van der Waals surface area (Å²) in [5.74, 6) is 0.906.